The molecule has 1 aliphatic rings. The normalized spacial score (nSPS) is 13.2. The molecule has 2 rings (SSSR count). The molecule has 0 aromatic carbocycles. The molecule has 3 N–H and O–H groups in total. The standard InChI is InChI=1S/C21H29N3O6/c1-4-29-19(26)17-13(2)18(23-14(17)3)20(27)30-12-16(25)24-21(28)22-11-10-15-8-6-5-7-9-15/h8,23H,4-7,9-12H2,1-3H3,(H2,22,24,25,28). The second-order valence-electron chi connectivity index (χ2n) is 7.08. The third-order valence-corrected chi connectivity index (χ3v) is 4.83. The summed E-state index contributed by atoms with van der Waals surface area (Å²) in [6.45, 7) is 4.93. The molecule has 0 fully saturated rings. The lowest BCUT2D eigenvalue weighted by atomic mass is 9.97. The van der Waals surface area contributed by atoms with Crippen LogP contribution in [-0.2, 0) is 14.3 Å². The Morgan fingerprint density at radius 1 is 1.10 bits per heavy atom. The summed E-state index contributed by atoms with van der Waals surface area (Å²) in [6.07, 6.45) is 7.45. The predicted octanol–water partition coefficient (Wildman–Crippen LogP) is 2.68. The summed E-state index contributed by atoms with van der Waals surface area (Å²) in [4.78, 5) is 50.7. The topological polar surface area (TPSA) is 127 Å². The molecule has 1 aromatic rings. The number of aryl methyl sites for hydroxylation is 1. The maximum Gasteiger partial charge on any atom is 0.355 e. The number of rotatable bonds is 8. The van der Waals surface area contributed by atoms with Crippen LogP contribution in [-0.4, -0.2) is 48.6 Å². The number of carbonyl (C=O) groups is 4. The zero-order valence-corrected chi connectivity index (χ0v) is 17.7. The monoisotopic (exact) mass is 419 g/mol. The van der Waals surface area contributed by atoms with Gasteiger partial charge in [0.15, 0.2) is 6.61 Å². The molecule has 164 valence electrons. The van der Waals surface area contributed by atoms with Crippen molar-refractivity contribution in [2.24, 2.45) is 0 Å². The van der Waals surface area contributed by atoms with Gasteiger partial charge < -0.3 is 19.8 Å². The minimum absolute atomic E-state index is 0.0635. The molecule has 9 heteroatoms. The van der Waals surface area contributed by atoms with E-state index in [0.717, 1.165) is 19.3 Å². The number of aromatic nitrogens is 1. The van der Waals surface area contributed by atoms with E-state index in [1.54, 1.807) is 20.8 Å². The summed E-state index contributed by atoms with van der Waals surface area (Å²) in [6, 6.07) is -0.635. The van der Waals surface area contributed by atoms with Crippen molar-refractivity contribution in [2.75, 3.05) is 19.8 Å². The summed E-state index contributed by atoms with van der Waals surface area (Å²) in [7, 11) is 0. The first-order valence-electron chi connectivity index (χ1n) is 10.1. The molecule has 9 nitrogen and oxygen atoms in total. The van der Waals surface area contributed by atoms with Crippen LogP contribution >= 0.6 is 0 Å². The number of esters is 2. The van der Waals surface area contributed by atoms with Crippen molar-refractivity contribution >= 4 is 23.9 Å². The largest absolute Gasteiger partial charge is 0.462 e. The molecule has 0 aliphatic heterocycles. The third-order valence-electron chi connectivity index (χ3n) is 4.83. The van der Waals surface area contributed by atoms with Gasteiger partial charge in [0.1, 0.15) is 5.69 Å². The van der Waals surface area contributed by atoms with Gasteiger partial charge in [-0.2, -0.15) is 0 Å². The molecule has 0 bridgehead atoms. The van der Waals surface area contributed by atoms with E-state index >= 15 is 0 Å². The molecule has 0 radical (unpaired) electrons. The second kappa shape index (κ2) is 11.2. The SMILES string of the molecule is CCOC(=O)c1c(C)[nH]c(C(=O)OCC(=O)NC(=O)NCCC2=CCCCC2)c1C. The Labute approximate surface area is 175 Å². The smallest absolute Gasteiger partial charge is 0.355 e. The zero-order chi connectivity index (χ0) is 22.1. The van der Waals surface area contributed by atoms with Gasteiger partial charge in [-0.05, 0) is 58.4 Å². The molecule has 1 heterocycles. The van der Waals surface area contributed by atoms with Crippen LogP contribution in [0.2, 0.25) is 0 Å². The Kier molecular flexibility index (Phi) is 8.64. The van der Waals surface area contributed by atoms with Gasteiger partial charge >= 0.3 is 18.0 Å². The number of hydrogen-bond acceptors (Lipinski definition) is 6. The molecule has 0 spiro atoms. The summed E-state index contributed by atoms with van der Waals surface area (Å²) in [5.74, 6) is -2.09. The van der Waals surface area contributed by atoms with Crippen molar-refractivity contribution in [2.45, 2.75) is 52.9 Å². The van der Waals surface area contributed by atoms with Gasteiger partial charge in [-0.15, -0.1) is 0 Å². The van der Waals surface area contributed by atoms with E-state index in [9.17, 15) is 19.2 Å². The number of nitrogens with one attached hydrogen (secondary N) is 3. The van der Waals surface area contributed by atoms with Crippen molar-refractivity contribution < 1.29 is 28.7 Å². The van der Waals surface area contributed by atoms with E-state index in [1.807, 2.05) is 0 Å². The minimum Gasteiger partial charge on any atom is -0.462 e. The highest BCUT2D eigenvalue weighted by molar-refractivity contribution is 6.00. The first-order chi connectivity index (χ1) is 14.3. The van der Waals surface area contributed by atoms with E-state index in [1.165, 1.54) is 18.4 Å². The van der Waals surface area contributed by atoms with Crippen LogP contribution in [0.25, 0.3) is 0 Å². The number of imide groups is 1. The quantitative estimate of drug-likeness (QED) is 0.439. The van der Waals surface area contributed by atoms with Gasteiger partial charge in [-0.25, -0.2) is 14.4 Å². The van der Waals surface area contributed by atoms with Gasteiger partial charge in [-0.3, -0.25) is 10.1 Å². The van der Waals surface area contributed by atoms with Crippen LogP contribution in [0.5, 0.6) is 0 Å². The number of aromatic amines is 1. The first-order valence-corrected chi connectivity index (χ1v) is 10.1. The molecule has 1 aromatic heterocycles. The molecular weight excluding hydrogens is 390 g/mol. The van der Waals surface area contributed by atoms with Crippen LogP contribution in [0.15, 0.2) is 11.6 Å². The van der Waals surface area contributed by atoms with Crippen LogP contribution < -0.4 is 10.6 Å². The number of hydrogen-bond donors (Lipinski definition) is 3. The van der Waals surface area contributed by atoms with E-state index in [2.05, 4.69) is 21.7 Å². The van der Waals surface area contributed by atoms with Crippen LogP contribution in [0, 0.1) is 13.8 Å². The van der Waals surface area contributed by atoms with Crippen molar-refractivity contribution in [3.8, 4) is 0 Å². The van der Waals surface area contributed by atoms with Gasteiger partial charge in [-0.1, -0.05) is 11.6 Å². The number of carbonyl (C=O) groups excluding carboxylic acids is 4. The third kappa shape index (κ3) is 6.47. The van der Waals surface area contributed by atoms with Crippen molar-refractivity contribution in [3.63, 3.8) is 0 Å². The van der Waals surface area contributed by atoms with Gasteiger partial charge in [0.25, 0.3) is 5.91 Å². The van der Waals surface area contributed by atoms with Crippen molar-refractivity contribution in [3.05, 3.63) is 34.2 Å². The van der Waals surface area contributed by atoms with Crippen LogP contribution in [0.3, 0.4) is 0 Å². The van der Waals surface area contributed by atoms with E-state index in [0.29, 0.717) is 17.8 Å². The Morgan fingerprint density at radius 2 is 1.87 bits per heavy atom. The molecule has 0 saturated carbocycles. The highest BCUT2D eigenvalue weighted by Crippen LogP contribution is 2.20. The van der Waals surface area contributed by atoms with Gasteiger partial charge in [0, 0.05) is 12.2 Å². The summed E-state index contributed by atoms with van der Waals surface area (Å²) in [5.41, 5.74) is 2.50. The van der Waals surface area contributed by atoms with E-state index < -0.39 is 30.5 Å². The lowest BCUT2D eigenvalue weighted by Crippen LogP contribution is -2.41. The first kappa shape index (κ1) is 23.2. The highest BCUT2D eigenvalue weighted by atomic mass is 16.5. The fourth-order valence-corrected chi connectivity index (χ4v) is 3.34. The van der Waals surface area contributed by atoms with Crippen molar-refractivity contribution in [1.82, 2.24) is 15.6 Å². The Bertz CT molecular complexity index is 840. The van der Waals surface area contributed by atoms with Crippen molar-refractivity contribution in [1.29, 1.82) is 0 Å². The average molecular weight is 419 g/mol. The van der Waals surface area contributed by atoms with Crippen LogP contribution in [0.4, 0.5) is 4.79 Å². The number of allylic oxidation sites excluding steroid dienone is 1. The number of H-pyrrole nitrogens is 1. The van der Waals surface area contributed by atoms with Gasteiger partial charge in [0.05, 0.1) is 12.2 Å². The fraction of sp³-hybridized carbons (Fsp3) is 0.524. The highest BCUT2D eigenvalue weighted by Gasteiger charge is 2.24. The fourth-order valence-electron chi connectivity index (χ4n) is 3.34. The number of ether oxygens (including phenoxy) is 2. The maximum atomic E-state index is 12.3. The maximum absolute atomic E-state index is 12.3. The summed E-state index contributed by atoms with van der Waals surface area (Å²) < 4.78 is 9.93. The molecule has 1 aliphatic carbocycles. The lowest BCUT2D eigenvalue weighted by Gasteiger charge is -2.13. The number of urea groups is 1. The zero-order valence-electron chi connectivity index (χ0n) is 17.7. The molecule has 0 atom stereocenters. The Hall–Kier alpha value is -3.10. The Morgan fingerprint density at radius 3 is 2.53 bits per heavy atom. The molecule has 0 saturated heterocycles. The van der Waals surface area contributed by atoms with Gasteiger partial charge in [0.2, 0.25) is 0 Å². The number of amides is 3. The Balaban J connectivity index is 1.78. The predicted molar refractivity (Wildman–Crippen MR) is 109 cm³/mol. The van der Waals surface area contributed by atoms with E-state index in [4.69, 9.17) is 9.47 Å². The molecule has 3 amide bonds. The summed E-state index contributed by atoms with van der Waals surface area (Å²) >= 11 is 0. The molecule has 30 heavy (non-hydrogen) atoms. The molecule has 0 unspecified atom stereocenters. The second-order valence-corrected chi connectivity index (χ2v) is 7.08. The average Bonchev–Trinajstić information content (AvgIpc) is 3.01. The minimum atomic E-state index is -0.800. The molecular formula is C21H29N3O6. The summed E-state index contributed by atoms with van der Waals surface area (Å²) in [5, 5.41) is 4.74. The van der Waals surface area contributed by atoms with E-state index in [-0.39, 0.29) is 17.9 Å². The lowest BCUT2D eigenvalue weighted by molar-refractivity contribution is -0.123. The van der Waals surface area contributed by atoms with Crippen LogP contribution in [0.1, 0.15) is 71.1 Å².